The molecule has 3 nitrogen and oxygen atoms in total. The molecule has 6 heteroatoms. The van der Waals surface area contributed by atoms with Gasteiger partial charge in [0.1, 0.15) is 0 Å². The van der Waals surface area contributed by atoms with Crippen LogP contribution in [0.4, 0.5) is 18.9 Å². The number of benzene rings is 1. The van der Waals surface area contributed by atoms with Gasteiger partial charge in [-0.05, 0) is 38.1 Å². The average Bonchev–Trinajstić information content (AvgIpc) is 2.54. The Morgan fingerprint density at radius 3 is 2.26 bits per heavy atom. The molecule has 0 aromatic heterocycles. The molecule has 1 aliphatic heterocycles. The third kappa shape index (κ3) is 7.22. The number of halogens is 3. The molecule has 0 radical (unpaired) electrons. The zero-order chi connectivity index (χ0) is 16.5. The van der Waals surface area contributed by atoms with Crippen LogP contribution in [0.25, 0.3) is 0 Å². The highest BCUT2D eigenvalue weighted by Crippen LogP contribution is 2.16. The first-order valence-corrected chi connectivity index (χ1v) is 8.34. The molecule has 0 bridgehead atoms. The van der Waals surface area contributed by atoms with Crippen molar-refractivity contribution >= 4 is 5.69 Å². The van der Waals surface area contributed by atoms with Crippen molar-refractivity contribution in [1.82, 2.24) is 10.2 Å². The Balaban J connectivity index is 1.50. The van der Waals surface area contributed by atoms with Gasteiger partial charge in [-0.3, -0.25) is 4.90 Å². The van der Waals surface area contributed by atoms with Gasteiger partial charge in [-0.25, -0.2) is 0 Å². The van der Waals surface area contributed by atoms with Gasteiger partial charge in [0.15, 0.2) is 0 Å². The topological polar surface area (TPSA) is 18.5 Å². The summed E-state index contributed by atoms with van der Waals surface area (Å²) < 4.78 is 35.9. The first-order chi connectivity index (χ1) is 11.0. The van der Waals surface area contributed by atoms with E-state index in [0.717, 1.165) is 52.0 Å². The third-order valence-corrected chi connectivity index (χ3v) is 4.15. The van der Waals surface area contributed by atoms with Gasteiger partial charge in [0.2, 0.25) is 0 Å². The number of rotatable bonds is 8. The number of hydrogen-bond donors (Lipinski definition) is 1. The fourth-order valence-electron chi connectivity index (χ4n) is 2.86. The molecule has 1 aliphatic rings. The van der Waals surface area contributed by atoms with Crippen molar-refractivity contribution in [3.8, 4) is 0 Å². The lowest BCUT2D eigenvalue weighted by Gasteiger charge is -2.36. The third-order valence-electron chi connectivity index (χ3n) is 4.15. The molecule has 1 fully saturated rings. The average molecular weight is 329 g/mol. The highest BCUT2D eigenvalue weighted by Gasteiger charge is 2.25. The summed E-state index contributed by atoms with van der Waals surface area (Å²) in [7, 11) is 0. The van der Waals surface area contributed by atoms with Crippen molar-refractivity contribution in [2.75, 3.05) is 50.7 Å². The smallest absolute Gasteiger partial charge is 0.369 e. The molecular weight excluding hydrogens is 303 g/mol. The van der Waals surface area contributed by atoms with Crippen LogP contribution in [0.3, 0.4) is 0 Å². The summed E-state index contributed by atoms with van der Waals surface area (Å²) in [6, 6.07) is 10.4. The zero-order valence-corrected chi connectivity index (χ0v) is 13.5. The van der Waals surface area contributed by atoms with Crippen LogP contribution in [0.1, 0.15) is 19.3 Å². The van der Waals surface area contributed by atoms with Gasteiger partial charge in [0.25, 0.3) is 0 Å². The Kier molecular flexibility index (Phi) is 7.17. The molecule has 0 unspecified atom stereocenters. The van der Waals surface area contributed by atoms with E-state index in [0.29, 0.717) is 6.54 Å². The minimum atomic E-state index is -4.10. The molecule has 1 saturated heterocycles. The second-order valence-corrected chi connectivity index (χ2v) is 6.02. The van der Waals surface area contributed by atoms with Crippen molar-refractivity contribution in [2.45, 2.75) is 25.4 Å². The van der Waals surface area contributed by atoms with Gasteiger partial charge in [-0.1, -0.05) is 24.6 Å². The summed E-state index contributed by atoms with van der Waals surface area (Å²) >= 11 is 0. The number of hydrogen-bond acceptors (Lipinski definition) is 3. The molecule has 0 atom stereocenters. The number of piperazine rings is 1. The SMILES string of the molecule is FC(F)(F)CNCCCCCN1CCN(c2ccccc2)CC1. The molecule has 23 heavy (non-hydrogen) atoms. The van der Waals surface area contributed by atoms with Crippen molar-refractivity contribution in [2.24, 2.45) is 0 Å². The maximum absolute atomic E-state index is 12.0. The van der Waals surface area contributed by atoms with Crippen LogP contribution in [0.5, 0.6) is 0 Å². The first-order valence-electron chi connectivity index (χ1n) is 8.34. The standard InChI is InChI=1S/C17H26F3N3/c18-17(19,20)15-21-9-5-2-6-10-22-11-13-23(14-12-22)16-7-3-1-4-8-16/h1,3-4,7-8,21H,2,5-6,9-15H2. The predicted molar refractivity (Wildman–Crippen MR) is 87.9 cm³/mol. The fraction of sp³-hybridized carbons (Fsp3) is 0.647. The van der Waals surface area contributed by atoms with E-state index in [-0.39, 0.29) is 0 Å². The summed E-state index contributed by atoms with van der Waals surface area (Å²) in [5, 5.41) is 2.44. The van der Waals surface area contributed by atoms with Crippen LogP contribution in [0, 0.1) is 0 Å². The van der Waals surface area contributed by atoms with E-state index in [9.17, 15) is 13.2 Å². The summed E-state index contributed by atoms with van der Waals surface area (Å²) in [5.74, 6) is 0. The van der Waals surface area contributed by atoms with Crippen LogP contribution in [0.2, 0.25) is 0 Å². The largest absolute Gasteiger partial charge is 0.401 e. The Labute approximate surface area is 136 Å². The number of nitrogens with zero attached hydrogens (tertiary/aromatic N) is 2. The molecule has 0 amide bonds. The van der Waals surface area contributed by atoms with Gasteiger partial charge in [0, 0.05) is 31.9 Å². The van der Waals surface area contributed by atoms with Crippen LogP contribution >= 0.6 is 0 Å². The number of unbranched alkanes of at least 4 members (excludes halogenated alkanes) is 2. The quantitative estimate of drug-likeness (QED) is 0.739. The van der Waals surface area contributed by atoms with Crippen LogP contribution in [-0.4, -0.2) is 56.9 Å². The maximum atomic E-state index is 12.0. The summed E-state index contributed by atoms with van der Waals surface area (Å²) in [4.78, 5) is 4.85. The van der Waals surface area contributed by atoms with Crippen molar-refractivity contribution < 1.29 is 13.2 Å². The molecule has 1 N–H and O–H groups in total. The normalized spacial score (nSPS) is 16.7. The Bertz CT molecular complexity index is 428. The lowest BCUT2D eigenvalue weighted by atomic mass is 10.2. The van der Waals surface area contributed by atoms with Gasteiger partial charge >= 0.3 is 6.18 Å². The first kappa shape index (κ1) is 18.1. The molecule has 0 spiro atoms. The second-order valence-electron chi connectivity index (χ2n) is 6.02. The molecule has 0 saturated carbocycles. The van der Waals surface area contributed by atoms with E-state index >= 15 is 0 Å². The van der Waals surface area contributed by atoms with Gasteiger partial charge in [-0.15, -0.1) is 0 Å². The van der Waals surface area contributed by atoms with E-state index in [1.54, 1.807) is 0 Å². The molecular formula is C17H26F3N3. The Morgan fingerprint density at radius 2 is 1.61 bits per heavy atom. The molecule has 1 aromatic carbocycles. The van der Waals surface area contributed by atoms with Crippen LogP contribution < -0.4 is 10.2 Å². The predicted octanol–water partition coefficient (Wildman–Crippen LogP) is 3.13. The minimum Gasteiger partial charge on any atom is -0.369 e. The van der Waals surface area contributed by atoms with E-state index < -0.39 is 12.7 Å². The zero-order valence-electron chi connectivity index (χ0n) is 13.5. The molecule has 1 heterocycles. The summed E-state index contributed by atoms with van der Waals surface area (Å²) in [6.45, 7) is 4.80. The van der Waals surface area contributed by atoms with E-state index in [2.05, 4.69) is 39.4 Å². The van der Waals surface area contributed by atoms with E-state index in [1.807, 2.05) is 6.07 Å². The number of alkyl halides is 3. The van der Waals surface area contributed by atoms with E-state index in [1.165, 1.54) is 5.69 Å². The van der Waals surface area contributed by atoms with E-state index in [4.69, 9.17) is 0 Å². The van der Waals surface area contributed by atoms with Gasteiger partial charge in [-0.2, -0.15) is 13.2 Å². The maximum Gasteiger partial charge on any atom is 0.401 e. The van der Waals surface area contributed by atoms with Gasteiger partial charge in [0.05, 0.1) is 6.54 Å². The molecule has 2 rings (SSSR count). The fourth-order valence-corrected chi connectivity index (χ4v) is 2.86. The van der Waals surface area contributed by atoms with Gasteiger partial charge < -0.3 is 10.2 Å². The lowest BCUT2D eigenvalue weighted by molar-refractivity contribution is -0.124. The highest BCUT2D eigenvalue weighted by atomic mass is 19.4. The molecule has 1 aromatic rings. The molecule has 130 valence electrons. The summed E-state index contributed by atoms with van der Waals surface area (Å²) in [5.41, 5.74) is 1.28. The summed E-state index contributed by atoms with van der Waals surface area (Å²) in [6.07, 6.45) is -1.26. The molecule has 0 aliphatic carbocycles. The van der Waals surface area contributed by atoms with Crippen molar-refractivity contribution in [3.63, 3.8) is 0 Å². The van der Waals surface area contributed by atoms with Crippen LogP contribution in [0.15, 0.2) is 30.3 Å². The highest BCUT2D eigenvalue weighted by molar-refractivity contribution is 5.46. The Hall–Kier alpha value is -1.27. The second kappa shape index (κ2) is 9.13. The number of nitrogens with one attached hydrogen (secondary N) is 1. The number of anilines is 1. The number of para-hydroxylation sites is 1. The van der Waals surface area contributed by atoms with Crippen molar-refractivity contribution in [3.05, 3.63) is 30.3 Å². The lowest BCUT2D eigenvalue weighted by Crippen LogP contribution is -2.46. The monoisotopic (exact) mass is 329 g/mol. The minimum absolute atomic E-state index is 0.446. The van der Waals surface area contributed by atoms with Crippen LogP contribution in [-0.2, 0) is 0 Å². The van der Waals surface area contributed by atoms with Crippen molar-refractivity contribution in [1.29, 1.82) is 0 Å². The Morgan fingerprint density at radius 1 is 0.913 bits per heavy atom.